The summed E-state index contributed by atoms with van der Waals surface area (Å²) in [7, 11) is 0. The third-order valence-corrected chi connectivity index (χ3v) is 8.45. The number of piperidine rings is 1. The highest BCUT2D eigenvalue weighted by Gasteiger charge is 2.57. The van der Waals surface area contributed by atoms with Crippen LogP contribution >= 0.6 is 22.7 Å². The number of imide groups is 1. The number of rotatable bonds is 5. The van der Waals surface area contributed by atoms with E-state index in [1.54, 1.807) is 18.5 Å². The lowest BCUT2D eigenvalue weighted by atomic mass is 9.73. The number of hydrogen-bond donors (Lipinski definition) is 1. The van der Waals surface area contributed by atoms with Crippen LogP contribution in [0.3, 0.4) is 0 Å². The number of thiazole rings is 1. The second-order valence-electron chi connectivity index (χ2n) is 8.72. The number of aromatic nitrogens is 2. The van der Waals surface area contributed by atoms with Gasteiger partial charge in [0.25, 0.3) is 11.8 Å². The first kappa shape index (κ1) is 22.7. The van der Waals surface area contributed by atoms with Crippen molar-refractivity contribution in [2.45, 2.75) is 38.8 Å². The van der Waals surface area contributed by atoms with Gasteiger partial charge in [0.05, 0.1) is 17.2 Å². The van der Waals surface area contributed by atoms with Gasteiger partial charge < -0.3 is 10.2 Å². The van der Waals surface area contributed by atoms with E-state index in [0.29, 0.717) is 36.4 Å². The van der Waals surface area contributed by atoms with E-state index >= 15 is 0 Å². The van der Waals surface area contributed by atoms with Gasteiger partial charge in [0.1, 0.15) is 4.88 Å². The zero-order valence-electron chi connectivity index (χ0n) is 19.0. The summed E-state index contributed by atoms with van der Waals surface area (Å²) in [6.07, 6.45) is 4.50. The third kappa shape index (κ3) is 3.80. The van der Waals surface area contributed by atoms with Crippen LogP contribution in [0, 0.1) is 19.8 Å². The average Bonchev–Trinajstić information content (AvgIpc) is 3.55. The molecule has 8 nitrogen and oxygen atoms in total. The van der Waals surface area contributed by atoms with Gasteiger partial charge in [-0.3, -0.25) is 19.5 Å². The second kappa shape index (κ2) is 8.92. The van der Waals surface area contributed by atoms with Crippen LogP contribution in [0.25, 0.3) is 0 Å². The zero-order valence-corrected chi connectivity index (χ0v) is 20.6. The van der Waals surface area contributed by atoms with Gasteiger partial charge in [-0.15, -0.1) is 11.3 Å². The molecular formula is C24H25N5O3S2. The zero-order chi connectivity index (χ0) is 23.9. The van der Waals surface area contributed by atoms with Crippen LogP contribution in [0.1, 0.15) is 44.3 Å². The number of urea groups is 1. The summed E-state index contributed by atoms with van der Waals surface area (Å²) in [5, 5.41) is 7.79. The van der Waals surface area contributed by atoms with Crippen LogP contribution in [0.2, 0.25) is 0 Å². The first-order chi connectivity index (χ1) is 16.4. The number of amides is 4. The molecule has 0 bridgehead atoms. The van der Waals surface area contributed by atoms with Crippen molar-refractivity contribution < 1.29 is 14.4 Å². The van der Waals surface area contributed by atoms with E-state index in [2.05, 4.69) is 15.3 Å². The highest BCUT2D eigenvalue weighted by molar-refractivity contribution is 7.13. The first-order valence-electron chi connectivity index (χ1n) is 11.2. The first-order valence-corrected chi connectivity index (χ1v) is 12.9. The molecule has 0 radical (unpaired) electrons. The monoisotopic (exact) mass is 495 g/mol. The van der Waals surface area contributed by atoms with Crippen LogP contribution in [-0.4, -0.2) is 50.7 Å². The summed E-state index contributed by atoms with van der Waals surface area (Å²) >= 11 is 2.95. The van der Waals surface area contributed by atoms with Gasteiger partial charge in [-0.25, -0.2) is 9.78 Å². The van der Waals surface area contributed by atoms with Gasteiger partial charge in [0.2, 0.25) is 0 Å². The summed E-state index contributed by atoms with van der Waals surface area (Å²) < 4.78 is 0. The smallest absolute Gasteiger partial charge is 0.325 e. The van der Waals surface area contributed by atoms with Crippen molar-refractivity contribution in [1.29, 1.82) is 0 Å². The lowest BCUT2D eigenvalue weighted by Gasteiger charge is -2.41. The molecule has 5 rings (SSSR count). The molecular weight excluding hydrogens is 470 g/mol. The van der Waals surface area contributed by atoms with Crippen molar-refractivity contribution in [3.63, 3.8) is 0 Å². The van der Waals surface area contributed by atoms with Gasteiger partial charge >= 0.3 is 6.03 Å². The maximum atomic E-state index is 13.9. The van der Waals surface area contributed by atoms with Gasteiger partial charge in [0, 0.05) is 31.0 Å². The van der Waals surface area contributed by atoms with Crippen molar-refractivity contribution in [3.8, 4) is 0 Å². The molecule has 2 saturated heterocycles. The number of nitrogens with zero attached hydrogens (tertiary/aromatic N) is 4. The molecule has 3 aromatic heterocycles. The van der Waals surface area contributed by atoms with Gasteiger partial charge in [-0.2, -0.15) is 11.3 Å². The molecule has 1 atom stereocenters. The fraction of sp³-hybridized carbons (Fsp3) is 0.375. The predicted octanol–water partition coefficient (Wildman–Crippen LogP) is 3.72. The Balaban J connectivity index is 1.41. The van der Waals surface area contributed by atoms with Gasteiger partial charge in [0.15, 0.2) is 5.54 Å². The molecule has 1 unspecified atom stereocenters. The summed E-state index contributed by atoms with van der Waals surface area (Å²) in [4.78, 5) is 52.4. The number of carbonyl (C=O) groups is 3. The highest BCUT2D eigenvalue weighted by Crippen LogP contribution is 2.42. The molecule has 5 heterocycles. The summed E-state index contributed by atoms with van der Waals surface area (Å²) in [6.45, 7) is 5.01. The molecule has 34 heavy (non-hydrogen) atoms. The lowest BCUT2D eigenvalue weighted by Crippen LogP contribution is -2.54. The Morgan fingerprint density at radius 2 is 2.03 bits per heavy atom. The number of aryl methyl sites for hydroxylation is 2. The Kier molecular flexibility index (Phi) is 5.95. The Morgan fingerprint density at radius 3 is 2.65 bits per heavy atom. The minimum Gasteiger partial charge on any atom is -0.338 e. The molecule has 4 amide bonds. The van der Waals surface area contributed by atoms with Crippen molar-refractivity contribution in [3.05, 3.63) is 68.1 Å². The summed E-state index contributed by atoms with van der Waals surface area (Å²) in [5.74, 6) is -0.429. The fourth-order valence-electron chi connectivity index (χ4n) is 5.00. The molecule has 0 spiro atoms. The standard InChI is InChI=1S/C24H25N5O3S2/c1-15-20(34-16(2)26-15)21(30)28-9-5-18(6-10-28)24(19-4-3-8-25-12-19)22(31)29(23(32)27-24)13-17-7-11-33-14-17/h3-4,7-8,11-12,14,18H,5-6,9-10,13H2,1-2H3,(H,27,32). The van der Waals surface area contributed by atoms with Crippen molar-refractivity contribution in [1.82, 2.24) is 25.1 Å². The van der Waals surface area contributed by atoms with Crippen molar-refractivity contribution >= 4 is 40.5 Å². The maximum absolute atomic E-state index is 13.9. The quantitative estimate of drug-likeness (QED) is 0.545. The summed E-state index contributed by atoms with van der Waals surface area (Å²) in [5.41, 5.74) is 1.17. The Labute approximate surface area is 205 Å². The topological polar surface area (TPSA) is 95.5 Å². The van der Waals surface area contributed by atoms with E-state index in [-0.39, 0.29) is 24.3 Å². The van der Waals surface area contributed by atoms with Gasteiger partial charge in [-0.1, -0.05) is 6.07 Å². The molecule has 2 fully saturated rings. The molecule has 1 N–H and O–H groups in total. The predicted molar refractivity (Wildman–Crippen MR) is 130 cm³/mol. The summed E-state index contributed by atoms with van der Waals surface area (Å²) in [6, 6.07) is 5.16. The Bertz CT molecular complexity index is 1220. The Morgan fingerprint density at radius 1 is 1.24 bits per heavy atom. The lowest BCUT2D eigenvalue weighted by molar-refractivity contribution is -0.134. The number of thiophene rings is 1. The Hall–Kier alpha value is -3.11. The molecule has 0 aliphatic carbocycles. The fourth-order valence-corrected chi connectivity index (χ4v) is 6.54. The number of nitrogens with one attached hydrogen (secondary N) is 1. The number of pyridine rings is 1. The van der Waals surface area contributed by atoms with Crippen molar-refractivity contribution in [2.24, 2.45) is 5.92 Å². The minimum atomic E-state index is -1.19. The van der Waals surface area contributed by atoms with Crippen LogP contribution in [0.15, 0.2) is 41.4 Å². The third-order valence-electron chi connectivity index (χ3n) is 6.66. The molecule has 2 aliphatic heterocycles. The van der Waals surface area contributed by atoms with Crippen LogP contribution in [0.5, 0.6) is 0 Å². The molecule has 3 aromatic rings. The van der Waals surface area contributed by atoms with E-state index in [1.807, 2.05) is 41.6 Å². The largest absolute Gasteiger partial charge is 0.338 e. The molecule has 2 aliphatic rings. The van der Waals surface area contributed by atoms with E-state index < -0.39 is 11.6 Å². The SMILES string of the molecule is Cc1nc(C)c(C(=O)N2CCC(C3(c4cccnc4)NC(=O)N(Cc4ccsc4)C3=O)CC2)s1. The number of likely N-dealkylation sites (tertiary alicyclic amines) is 1. The maximum Gasteiger partial charge on any atom is 0.325 e. The normalized spacial score (nSPS) is 21.2. The molecule has 176 valence electrons. The van der Waals surface area contributed by atoms with E-state index in [9.17, 15) is 14.4 Å². The highest BCUT2D eigenvalue weighted by atomic mass is 32.1. The van der Waals surface area contributed by atoms with Crippen LogP contribution in [0.4, 0.5) is 4.79 Å². The van der Waals surface area contributed by atoms with Crippen LogP contribution in [-0.2, 0) is 16.9 Å². The molecule has 0 saturated carbocycles. The number of carbonyl (C=O) groups excluding carboxylic acids is 3. The second-order valence-corrected chi connectivity index (χ2v) is 10.7. The molecule has 0 aromatic carbocycles. The van der Waals surface area contributed by atoms with E-state index in [0.717, 1.165) is 16.3 Å². The minimum absolute atomic E-state index is 0.0159. The van der Waals surface area contributed by atoms with Gasteiger partial charge in [-0.05, 0) is 61.1 Å². The van der Waals surface area contributed by atoms with E-state index in [4.69, 9.17) is 0 Å². The average molecular weight is 496 g/mol. The van der Waals surface area contributed by atoms with Crippen molar-refractivity contribution in [2.75, 3.05) is 13.1 Å². The number of hydrogen-bond acceptors (Lipinski definition) is 7. The molecule has 10 heteroatoms. The van der Waals surface area contributed by atoms with Crippen LogP contribution < -0.4 is 5.32 Å². The van der Waals surface area contributed by atoms with E-state index in [1.165, 1.54) is 27.6 Å².